The number of fused-ring (bicyclic) bond motifs is 3. The van der Waals surface area contributed by atoms with Crippen LogP contribution >= 0.6 is 0 Å². The molecule has 2 saturated heterocycles. The number of amides is 1. The highest BCUT2D eigenvalue weighted by atomic mass is 16.7. The lowest BCUT2D eigenvalue weighted by molar-refractivity contribution is -0.302. The van der Waals surface area contributed by atoms with Gasteiger partial charge in [0, 0.05) is 45.1 Å². The number of carbonyl (C=O) groups excluding carboxylic acids is 4. The molecular formula is C45H72N2O10. The van der Waals surface area contributed by atoms with Gasteiger partial charge in [-0.1, -0.05) is 51.5 Å². The van der Waals surface area contributed by atoms with Gasteiger partial charge in [0.25, 0.3) is 11.7 Å². The number of allylic oxidation sites excluding steroid dienone is 3. The van der Waals surface area contributed by atoms with Crippen LogP contribution in [0.25, 0.3) is 0 Å². The van der Waals surface area contributed by atoms with Crippen LogP contribution in [0.5, 0.6) is 0 Å². The summed E-state index contributed by atoms with van der Waals surface area (Å²) < 4.78 is 30.3. The van der Waals surface area contributed by atoms with E-state index in [4.69, 9.17) is 29.4 Å². The SMILES string of the molecule is C=CCOC1CCC(C=C(C)C2OC(=O)C3CCCCN3C(=O)C(=O)C3(O)OC(C(OC)CC(C)C/C(C)=C/C(CC)C(=O)CCC2C)C(OC)CC3C)CC1N. The molecule has 2 bridgehead atoms. The fourth-order valence-electron chi connectivity index (χ4n) is 9.61. The Kier molecular flexibility index (Phi) is 17.7. The van der Waals surface area contributed by atoms with E-state index in [2.05, 4.69) is 25.7 Å². The number of esters is 1. The summed E-state index contributed by atoms with van der Waals surface area (Å²) >= 11 is 0. The van der Waals surface area contributed by atoms with Crippen LogP contribution in [0.4, 0.5) is 0 Å². The predicted octanol–water partition coefficient (Wildman–Crippen LogP) is 6.02. The molecule has 4 aliphatic rings. The molecular weight excluding hydrogens is 728 g/mol. The first-order chi connectivity index (χ1) is 27.1. The zero-order chi connectivity index (χ0) is 42.0. The largest absolute Gasteiger partial charge is 0.456 e. The molecule has 0 aromatic heterocycles. The molecule has 322 valence electrons. The maximum Gasteiger partial charge on any atom is 0.329 e. The highest BCUT2D eigenvalue weighted by molar-refractivity contribution is 6.39. The number of carbonyl (C=O) groups is 4. The van der Waals surface area contributed by atoms with Crippen molar-refractivity contribution in [1.29, 1.82) is 0 Å². The number of cyclic esters (lactones) is 1. The summed E-state index contributed by atoms with van der Waals surface area (Å²) in [5.74, 6) is -6.06. The monoisotopic (exact) mass is 801 g/mol. The molecule has 0 spiro atoms. The first kappa shape index (κ1) is 46.9. The van der Waals surface area contributed by atoms with E-state index in [0.29, 0.717) is 64.4 Å². The van der Waals surface area contributed by atoms with Crippen LogP contribution in [0.2, 0.25) is 0 Å². The molecule has 57 heavy (non-hydrogen) atoms. The fourth-order valence-corrected chi connectivity index (χ4v) is 9.61. The van der Waals surface area contributed by atoms with Crippen molar-refractivity contribution < 1.29 is 48.0 Å². The van der Waals surface area contributed by atoms with Crippen LogP contribution in [-0.2, 0) is 42.9 Å². The highest BCUT2D eigenvalue weighted by Crippen LogP contribution is 2.39. The smallest absolute Gasteiger partial charge is 0.329 e. The van der Waals surface area contributed by atoms with Crippen molar-refractivity contribution in [2.45, 2.75) is 167 Å². The van der Waals surface area contributed by atoms with Gasteiger partial charge in [0.15, 0.2) is 0 Å². The summed E-state index contributed by atoms with van der Waals surface area (Å²) in [6.07, 6.45) is 10.1. The number of hydrogen-bond donors (Lipinski definition) is 2. The van der Waals surface area contributed by atoms with E-state index in [0.717, 1.165) is 24.0 Å². The van der Waals surface area contributed by atoms with Crippen molar-refractivity contribution in [2.75, 3.05) is 27.4 Å². The van der Waals surface area contributed by atoms with Crippen molar-refractivity contribution in [2.24, 2.45) is 35.3 Å². The average Bonchev–Trinajstić information content (AvgIpc) is 3.19. The van der Waals surface area contributed by atoms with Crippen molar-refractivity contribution in [3.63, 3.8) is 0 Å². The Bertz CT molecular complexity index is 1460. The zero-order valence-electron chi connectivity index (χ0n) is 35.9. The number of nitrogens with zero attached hydrogens (tertiary/aromatic N) is 1. The number of hydrogen-bond acceptors (Lipinski definition) is 11. The summed E-state index contributed by atoms with van der Waals surface area (Å²) in [4.78, 5) is 57.8. The molecule has 0 aromatic rings. The van der Waals surface area contributed by atoms with Crippen LogP contribution in [0.3, 0.4) is 0 Å². The maximum atomic E-state index is 14.3. The van der Waals surface area contributed by atoms with Gasteiger partial charge in [-0.3, -0.25) is 14.4 Å². The van der Waals surface area contributed by atoms with Crippen molar-refractivity contribution in [1.82, 2.24) is 4.90 Å². The molecule has 13 atom stereocenters. The van der Waals surface area contributed by atoms with Crippen molar-refractivity contribution in [3.8, 4) is 0 Å². The molecule has 4 rings (SSSR count). The number of ketones is 2. The molecule has 3 heterocycles. The molecule has 1 amide bonds. The predicted molar refractivity (Wildman–Crippen MR) is 218 cm³/mol. The van der Waals surface area contributed by atoms with Crippen LogP contribution < -0.4 is 5.73 Å². The third kappa shape index (κ3) is 11.7. The van der Waals surface area contributed by atoms with E-state index < -0.39 is 59.8 Å². The molecule has 3 fully saturated rings. The second-order valence-electron chi connectivity index (χ2n) is 17.5. The van der Waals surface area contributed by atoms with Crippen LogP contribution in [0.1, 0.15) is 119 Å². The second kappa shape index (κ2) is 21.5. The van der Waals surface area contributed by atoms with E-state index in [9.17, 15) is 24.3 Å². The highest BCUT2D eigenvalue weighted by Gasteiger charge is 2.56. The van der Waals surface area contributed by atoms with Gasteiger partial charge in [0.1, 0.15) is 24.0 Å². The summed E-state index contributed by atoms with van der Waals surface area (Å²) in [7, 11) is 3.11. The van der Waals surface area contributed by atoms with E-state index in [1.54, 1.807) is 27.2 Å². The Morgan fingerprint density at radius 1 is 1.02 bits per heavy atom. The number of ether oxygens (including phenoxy) is 5. The van der Waals surface area contributed by atoms with Gasteiger partial charge in [-0.2, -0.15) is 0 Å². The number of methoxy groups -OCH3 is 2. The van der Waals surface area contributed by atoms with E-state index in [1.165, 1.54) is 4.90 Å². The molecule has 1 saturated carbocycles. The van der Waals surface area contributed by atoms with Gasteiger partial charge in [0.2, 0.25) is 5.79 Å². The molecule has 0 aromatic carbocycles. The van der Waals surface area contributed by atoms with Crippen molar-refractivity contribution in [3.05, 3.63) is 36.0 Å². The standard InChI is InChI=1S/C45H72N2O10/c1-10-20-55-37-18-16-32(26-34(37)46)24-30(6)40-29(5)15-17-36(48)33(11-2)22-27(3)21-28(4)23-38(53-8)41-39(54-9)25-31(7)45(52,57-41)42(49)43(50)47-19-13-12-14-35(47)44(51)56-40/h10,22,24,28-29,31-35,37-41,52H,1,11-21,23,25-26,46H2,2-9H3/b27-22+,30-24?. The first-order valence-corrected chi connectivity index (χ1v) is 21.5. The molecule has 3 aliphatic heterocycles. The van der Waals surface area contributed by atoms with Gasteiger partial charge in [0.05, 0.1) is 24.9 Å². The van der Waals surface area contributed by atoms with Gasteiger partial charge in [-0.05, 0) is 108 Å². The number of piperidine rings is 1. The molecule has 3 N–H and O–H groups in total. The lowest BCUT2D eigenvalue weighted by Gasteiger charge is -2.47. The molecule has 12 heteroatoms. The zero-order valence-corrected chi connectivity index (χ0v) is 35.9. The Balaban J connectivity index is 1.71. The van der Waals surface area contributed by atoms with Crippen LogP contribution in [-0.4, -0.2) is 109 Å². The van der Waals surface area contributed by atoms with Crippen LogP contribution in [0.15, 0.2) is 36.0 Å². The van der Waals surface area contributed by atoms with Gasteiger partial charge >= 0.3 is 5.97 Å². The molecule has 0 radical (unpaired) electrons. The number of aliphatic hydroxyl groups is 1. The van der Waals surface area contributed by atoms with E-state index in [1.807, 2.05) is 27.7 Å². The Labute approximate surface area is 341 Å². The minimum atomic E-state index is -2.46. The Morgan fingerprint density at radius 2 is 1.72 bits per heavy atom. The summed E-state index contributed by atoms with van der Waals surface area (Å²) in [5, 5.41) is 12.0. The molecule has 1 aliphatic carbocycles. The summed E-state index contributed by atoms with van der Waals surface area (Å²) in [5.41, 5.74) is 8.48. The maximum absolute atomic E-state index is 14.3. The number of rotatable bonds is 8. The van der Waals surface area contributed by atoms with Gasteiger partial charge in [-0.15, -0.1) is 6.58 Å². The van der Waals surface area contributed by atoms with E-state index in [-0.39, 0.29) is 54.6 Å². The number of nitrogens with two attached hydrogens (primary N) is 1. The first-order valence-electron chi connectivity index (χ1n) is 21.5. The average molecular weight is 801 g/mol. The topological polar surface area (TPSA) is 164 Å². The quantitative estimate of drug-likeness (QED) is 0.168. The van der Waals surface area contributed by atoms with Crippen molar-refractivity contribution >= 4 is 23.4 Å². The van der Waals surface area contributed by atoms with Gasteiger partial charge < -0.3 is 39.4 Å². The third-order valence-electron chi connectivity index (χ3n) is 13.0. The Hall–Kier alpha value is -2.74. The summed E-state index contributed by atoms with van der Waals surface area (Å²) in [6, 6.07) is -1.19. The summed E-state index contributed by atoms with van der Waals surface area (Å²) in [6.45, 7) is 16.1. The Morgan fingerprint density at radius 3 is 2.37 bits per heavy atom. The minimum Gasteiger partial charge on any atom is -0.456 e. The fraction of sp³-hybridized carbons (Fsp3) is 0.778. The normalized spacial score (nSPS) is 39.6. The lowest BCUT2D eigenvalue weighted by Crippen LogP contribution is -2.64. The second-order valence-corrected chi connectivity index (χ2v) is 17.5. The van der Waals surface area contributed by atoms with E-state index >= 15 is 0 Å². The minimum absolute atomic E-state index is 0.0522. The molecule has 12 nitrogen and oxygen atoms in total. The third-order valence-corrected chi connectivity index (χ3v) is 13.0. The van der Waals surface area contributed by atoms with Gasteiger partial charge in [-0.25, -0.2) is 4.79 Å². The van der Waals surface area contributed by atoms with Crippen LogP contribution in [0, 0.1) is 29.6 Å². The number of Topliss-reactive ketones (excluding diaryl/α,β-unsaturated/α-hetero) is 2. The lowest BCUT2D eigenvalue weighted by atomic mass is 9.81. The molecule has 13 unspecified atom stereocenters.